The van der Waals surface area contributed by atoms with Gasteiger partial charge in [0.1, 0.15) is 0 Å². The van der Waals surface area contributed by atoms with E-state index in [1.165, 1.54) is 0 Å². The highest BCUT2D eigenvalue weighted by molar-refractivity contribution is 6.31. The summed E-state index contributed by atoms with van der Waals surface area (Å²) in [5.41, 5.74) is 1.72. The van der Waals surface area contributed by atoms with E-state index in [-0.39, 0.29) is 5.91 Å². The molecule has 0 aliphatic carbocycles. The second-order valence-corrected chi connectivity index (χ2v) is 6.52. The number of rotatable bonds is 6. The van der Waals surface area contributed by atoms with Crippen LogP contribution in [0.5, 0.6) is 0 Å². The Morgan fingerprint density at radius 1 is 1.36 bits per heavy atom. The van der Waals surface area contributed by atoms with Crippen LogP contribution in [-0.4, -0.2) is 50.2 Å². The quantitative estimate of drug-likeness (QED) is 0.874. The van der Waals surface area contributed by atoms with Crippen molar-refractivity contribution in [1.82, 2.24) is 10.2 Å². The van der Waals surface area contributed by atoms with Crippen molar-refractivity contribution >= 4 is 17.5 Å². The van der Waals surface area contributed by atoms with Crippen molar-refractivity contribution in [3.63, 3.8) is 0 Å². The first-order valence-electron chi connectivity index (χ1n) is 7.93. The number of amides is 1. The number of halogens is 1. The van der Waals surface area contributed by atoms with E-state index in [2.05, 4.69) is 24.1 Å². The monoisotopic (exact) mass is 324 g/mol. The number of carbonyl (C=O) groups excluding carboxylic acids is 1. The minimum Gasteiger partial charge on any atom is -0.379 e. The van der Waals surface area contributed by atoms with Crippen LogP contribution in [-0.2, 0) is 11.2 Å². The second kappa shape index (κ2) is 8.51. The summed E-state index contributed by atoms with van der Waals surface area (Å²) < 4.78 is 5.31. The number of nitrogens with one attached hydrogen (secondary N) is 1. The van der Waals surface area contributed by atoms with Gasteiger partial charge in [-0.3, -0.25) is 9.69 Å². The molecular formula is C17H25ClN2O2. The molecule has 4 nitrogen and oxygen atoms in total. The van der Waals surface area contributed by atoms with Gasteiger partial charge >= 0.3 is 0 Å². The summed E-state index contributed by atoms with van der Waals surface area (Å²) in [5, 5.41) is 3.72. The largest absolute Gasteiger partial charge is 0.379 e. The van der Waals surface area contributed by atoms with Crippen LogP contribution < -0.4 is 5.32 Å². The number of hydrogen-bond acceptors (Lipinski definition) is 3. The maximum Gasteiger partial charge on any atom is 0.251 e. The predicted octanol–water partition coefficient (Wildman–Crippen LogP) is 2.60. The Morgan fingerprint density at radius 3 is 2.77 bits per heavy atom. The van der Waals surface area contributed by atoms with Crippen LogP contribution in [0.2, 0.25) is 5.02 Å². The Hall–Kier alpha value is -1.10. The topological polar surface area (TPSA) is 41.6 Å². The second-order valence-electron chi connectivity index (χ2n) is 6.11. The summed E-state index contributed by atoms with van der Waals surface area (Å²) in [6, 6.07) is 5.51. The van der Waals surface area contributed by atoms with Crippen LogP contribution in [0.4, 0.5) is 0 Å². The maximum absolute atomic E-state index is 12.2. The Labute approximate surface area is 137 Å². The molecule has 1 aliphatic rings. The third-order valence-electron chi connectivity index (χ3n) is 3.75. The van der Waals surface area contributed by atoms with E-state index in [0.29, 0.717) is 18.0 Å². The minimum atomic E-state index is -0.0325. The van der Waals surface area contributed by atoms with Gasteiger partial charge in [-0.1, -0.05) is 25.4 Å². The molecule has 1 amide bonds. The van der Waals surface area contributed by atoms with Crippen LogP contribution in [0.25, 0.3) is 0 Å². The average molecular weight is 325 g/mol. The number of ether oxygens (including phenoxy) is 1. The lowest BCUT2D eigenvalue weighted by molar-refractivity contribution is 0.0383. The zero-order chi connectivity index (χ0) is 15.9. The van der Waals surface area contributed by atoms with Crippen LogP contribution >= 0.6 is 11.6 Å². The summed E-state index contributed by atoms with van der Waals surface area (Å²) in [6.07, 6.45) is 0.883. The molecule has 122 valence electrons. The lowest BCUT2D eigenvalue weighted by Crippen LogP contribution is -2.41. The van der Waals surface area contributed by atoms with Gasteiger partial charge in [0.15, 0.2) is 0 Å². The van der Waals surface area contributed by atoms with Crippen LogP contribution in [0, 0.1) is 5.92 Å². The number of hydrogen-bond donors (Lipinski definition) is 1. The van der Waals surface area contributed by atoms with Gasteiger partial charge < -0.3 is 10.1 Å². The van der Waals surface area contributed by atoms with Gasteiger partial charge in [0.2, 0.25) is 0 Å². The first-order chi connectivity index (χ1) is 10.6. The number of morpholine rings is 1. The summed E-state index contributed by atoms with van der Waals surface area (Å²) in [4.78, 5) is 14.5. The first-order valence-corrected chi connectivity index (χ1v) is 8.31. The van der Waals surface area contributed by atoms with E-state index >= 15 is 0 Å². The molecule has 0 radical (unpaired) electrons. The highest BCUT2D eigenvalue weighted by Crippen LogP contribution is 2.20. The Bertz CT molecular complexity index is 499. The molecule has 1 saturated heterocycles. The highest BCUT2D eigenvalue weighted by Gasteiger charge is 2.12. The molecule has 5 heteroatoms. The average Bonchev–Trinajstić information content (AvgIpc) is 2.50. The van der Waals surface area contributed by atoms with Crippen molar-refractivity contribution in [2.75, 3.05) is 39.4 Å². The van der Waals surface area contributed by atoms with Gasteiger partial charge in [-0.2, -0.15) is 0 Å². The van der Waals surface area contributed by atoms with E-state index in [1.807, 2.05) is 12.1 Å². The van der Waals surface area contributed by atoms with Gasteiger partial charge in [0.25, 0.3) is 5.91 Å². The maximum atomic E-state index is 12.2. The van der Waals surface area contributed by atoms with E-state index in [9.17, 15) is 4.79 Å². The van der Waals surface area contributed by atoms with Gasteiger partial charge in [-0.05, 0) is 36.1 Å². The molecule has 0 bridgehead atoms. The summed E-state index contributed by atoms with van der Waals surface area (Å²) >= 11 is 6.20. The standard InChI is InChI=1S/C17H25ClN2O2/c1-13(2)11-15-12-14(3-4-16(15)18)17(21)19-5-6-20-7-9-22-10-8-20/h3-4,12-13H,5-11H2,1-2H3,(H,19,21). The molecule has 2 rings (SSSR count). The van der Waals surface area contributed by atoms with Crippen molar-refractivity contribution in [2.24, 2.45) is 5.92 Å². The van der Waals surface area contributed by atoms with Crippen molar-refractivity contribution in [2.45, 2.75) is 20.3 Å². The van der Waals surface area contributed by atoms with Crippen molar-refractivity contribution < 1.29 is 9.53 Å². The smallest absolute Gasteiger partial charge is 0.251 e. The van der Waals surface area contributed by atoms with Crippen LogP contribution in [0.15, 0.2) is 18.2 Å². The molecule has 22 heavy (non-hydrogen) atoms. The van der Waals surface area contributed by atoms with E-state index in [0.717, 1.165) is 49.9 Å². The van der Waals surface area contributed by atoms with E-state index in [4.69, 9.17) is 16.3 Å². The highest BCUT2D eigenvalue weighted by atomic mass is 35.5. The number of carbonyl (C=O) groups is 1. The summed E-state index contributed by atoms with van der Waals surface area (Å²) in [5.74, 6) is 0.479. The zero-order valence-corrected chi connectivity index (χ0v) is 14.2. The minimum absolute atomic E-state index is 0.0325. The number of benzene rings is 1. The van der Waals surface area contributed by atoms with Gasteiger partial charge in [0, 0.05) is 36.8 Å². The molecule has 0 spiro atoms. The Morgan fingerprint density at radius 2 is 2.09 bits per heavy atom. The molecule has 1 N–H and O–H groups in total. The lowest BCUT2D eigenvalue weighted by Gasteiger charge is -2.26. The molecule has 0 atom stereocenters. The van der Waals surface area contributed by atoms with Gasteiger partial charge in [0.05, 0.1) is 13.2 Å². The fraction of sp³-hybridized carbons (Fsp3) is 0.588. The molecule has 0 saturated carbocycles. The lowest BCUT2D eigenvalue weighted by atomic mass is 10.0. The fourth-order valence-corrected chi connectivity index (χ4v) is 2.76. The van der Waals surface area contributed by atoms with Gasteiger partial charge in [-0.15, -0.1) is 0 Å². The molecule has 1 heterocycles. The predicted molar refractivity (Wildman–Crippen MR) is 89.6 cm³/mol. The molecule has 1 aromatic rings. The Balaban J connectivity index is 1.86. The SMILES string of the molecule is CC(C)Cc1cc(C(=O)NCCN2CCOCC2)ccc1Cl. The third-order valence-corrected chi connectivity index (χ3v) is 4.12. The first kappa shape index (κ1) is 17.3. The van der Waals surface area contributed by atoms with E-state index < -0.39 is 0 Å². The number of nitrogens with zero attached hydrogens (tertiary/aromatic N) is 1. The normalized spacial score (nSPS) is 16.0. The molecule has 0 aromatic heterocycles. The molecule has 0 unspecified atom stereocenters. The van der Waals surface area contributed by atoms with Crippen molar-refractivity contribution in [3.8, 4) is 0 Å². The molecular weight excluding hydrogens is 300 g/mol. The molecule has 1 aliphatic heterocycles. The zero-order valence-electron chi connectivity index (χ0n) is 13.4. The summed E-state index contributed by atoms with van der Waals surface area (Å²) in [6.45, 7) is 9.25. The molecule has 1 fully saturated rings. The Kier molecular flexibility index (Phi) is 6.68. The van der Waals surface area contributed by atoms with Gasteiger partial charge in [-0.25, -0.2) is 0 Å². The van der Waals surface area contributed by atoms with Crippen LogP contribution in [0.1, 0.15) is 29.8 Å². The van der Waals surface area contributed by atoms with E-state index in [1.54, 1.807) is 6.07 Å². The fourth-order valence-electron chi connectivity index (χ4n) is 2.57. The molecule has 1 aromatic carbocycles. The van der Waals surface area contributed by atoms with Crippen molar-refractivity contribution in [1.29, 1.82) is 0 Å². The van der Waals surface area contributed by atoms with Crippen LogP contribution in [0.3, 0.4) is 0 Å². The summed E-state index contributed by atoms with van der Waals surface area (Å²) in [7, 11) is 0. The van der Waals surface area contributed by atoms with Crippen molar-refractivity contribution in [3.05, 3.63) is 34.3 Å². The third kappa shape index (κ3) is 5.27.